The molecule has 0 aliphatic carbocycles. The molecule has 0 unspecified atom stereocenters. The van der Waals surface area contributed by atoms with Crippen LogP contribution < -0.4 is 11.1 Å². The third kappa shape index (κ3) is 6.63. The number of nitrogens with two attached hydrogens (primary N) is 1. The van der Waals surface area contributed by atoms with Gasteiger partial charge in [-0.2, -0.15) is 0 Å². The number of rotatable bonds is 7. The monoisotopic (exact) mass is 390 g/mol. The fourth-order valence-electron chi connectivity index (χ4n) is 2.89. The highest BCUT2D eigenvalue weighted by Gasteiger charge is 2.14. The molecule has 1 saturated heterocycles. The van der Waals surface area contributed by atoms with Gasteiger partial charge in [-0.15, -0.1) is 12.4 Å². The van der Waals surface area contributed by atoms with Gasteiger partial charge in [0.1, 0.15) is 0 Å². The van der Waals surface area contributed by atoms with E-state index < -0.39 is 0 Å². The Morgan fingerprint density at radius 3 is 2.22 bits per heavy atom. The van der Waals surface area contributed by atoms with Crippen molar-refractivity contribution in [3.05, 3.63) is 70.8 Å². The summed E-state index contributed by atoms with van der Waals surface area (Å²) in [5.74, 6) is -0.0829. The molecular weight excluding hydrogens is 364 g/mol. The van der Waals surface area contributed by atoms with Crippen LogP contribution in [0.3, 0.4) is 0 Å². The van der Waals surface area contributed by atoms with E-state index in [1.165, 1.54) is 0 Å². The van der Waals surface area contributed by atoms with Gasteiger partial charge in [-0.05, 0) is 41.7 Å². The van der Waals surface area contributed by atoms with Gasteiger partial charge in [0.15, 0.2) is 0 Å². The van der Waals surface area contributed by atoms with E-state index in [1.807, 2.05) is 24.3 Å². The summed E-state index contributed by atoms with van der Waals surface area (Å²) in [7, 11) is 0. The van der Waals surface area contributed by atoms with Crippen LogP contribution in [-0.2, 0) is 29.2 Å². The molecule has 1 amide bonds. The molecular formula is C21H27ClN2O3. The molecule has 3 rings (SSSR count). The zero-order chi connectivity index (χ0) is 18.2. The Morgan fingerprint density at radius 2 is 1.59 bits per heavy atom. The van der Waals surface area contributed by atoms with E-state index in [4.69, 9.17) is 15.2 Å². The van der Waals surface area contributed by atoms with Gasteiger partial charge in [-0.25, -0.2) is 0 Å². The molecule has 1 aliphatic heterocycles. The maximum atomic E-state index is 12.2. The minimum Gasteiger partial charge on any atom is -0.381 e. The number of halogens is 1. The summed E-state index contributed by atoms with van der Waals surface area (Å²) in [6.07, 6.45) is 2.24. The Labute approximate surface area is 166 Å². The zero-order valence-electron chi connectivity index (χ0n) is 15.4. The molecule has 2 aromatic rings. The molecule has 1 fully saturated rings. The van der Waals surface area contributed by atoms with Gasteiger partial charge in [0, 0.05) is 31.9 Å². The number of benzene rings is 2. The Kier molecular flexibility index (Phi) is 8.75. The van der Waals surface area contributed by atoms with Gasteiger partial charge < -0.3 is 20.5 Å². The first kappa shape index (κ1) is 21.4. The van der Waals surface area contributed by atoms with Gasteiger partial charge >= 0.3 is 0 Å². The summed E-state index contributed by atoms with van der Waals surface area (Å²) in [6.45, 7) is 3.17. The van der Waals surface area contributed by atoms with Crippen molar-refractivity contribution in [1.82, 2.24) is 5.32 Å². The number of carbonyl (C=O) groups excluding carboxylic acids is 1. The predicted molar refractivity (Wildman–Crippen MR) is 108 cm³/mol. The molecule has 0 radical (unpaired) electrons. The summed E-state index contributed by atoms with van der Waals surface area (Å²) in [5.41, 5.74) is 9.43. The topological polar surface area (TPSA) is 73.6 Å². The summed E-state index contributed by atoms with van der Waals surface area (Å²) in [5, 5.41) is 2.94. The van der Waals surface area contributed by atoms with E-state index in [0.29, 0.717) is 31.4 Å². The van der Waals surface area contributed by atoms with E-state index in [1.54, 1.807) is 12.1 Å². The lowest BCUT2D eigenvalue weighted by atomic mass is 10.1. The maximum absolute atomic E-state index is 12.2. The van der Waals surface area contributed by atoms with Crippen LogP contribution in [0, 0.1) is 0 Å². The van der Waals surface area contributed by atoms with E-state index in [2.05, 4.69) is 17.4 Å². The largest absolute Gasteiger partial charge is 0.381 e. The number of amides is 1. The summed E-state index contributed by atoms with van der Waals surface area (Å²) >= 11 is 0. The van der Waals surface area contributed by atoms with E-state index in [9.17, 15) is 4.79 Å². The molecule has 1 aliphatic rings. The predicted octanol–water partition coefficient (Wildman–Crippen LogP) is 3.19. The molecule has 27 heavy (non-hydrogen) atoms. The molecule has 0 aromatic heterocycles. The number of hydrogen-bond donors (Lipinski definition) is 2. The van der Waals surface area contributed by atoms with Crippen LogP contribution in [0.4, 0.5) is 0 Å². The highest BCUT2D eigenvalue weighted by molar-refractivity contribution is 5.94. The molecule has 5 nitrogen and oxygen atoms in total. The third-order valence-electron chi connectivity index (χ3n) is 4.58. The molecule has 0 spiro atoms. The van der Waals surface area contributed by atoms with E-state index in [0.717, 1.165) is 42.7 Å². The first-order chi connectivity index (χ1) is 12.7. The van der Waals surface area contributed by atoms with E-state index in [-0.39, 0.29) is 18.3 Å². The highest BCUT2D eigenvalue weighted by Crippen LogP contribution is 2.14. The average molecular weight is 391 g/mol. The lowest BCUT2D eigenvalue weighted by Gasteiger charge is -2.22. The molecule has 2 aromatic carbocycles. The van der Waals surface area contributed by atoms with Crippen LogP contribution in [0.15, 0.2) is 48.5 Å². The first-order valence-electron chi connectivity index (χ1n) is 9.09. The molecule has 0 atom stereocenters. The van der Waals surface area contributed by atoms with Crippen molar-refractivity contribution in [2.45, 2.75) is 38.6 Å². The standard InChI is InChI=1S/C21H26N2O3.ClH/c22-13-16-5-7-19(8-6-16)21(24)23-14-17-1-3-18(4-2-17)15-26-20-9-11-25-12-10-20;/h1-8,20H,9-15,22H2,(H,23,24);1H. The lowest BCUT2D eigenvalue weighted by Crippen LogP contribution is -2.23. The van der Waals surface area contributed by atoms with Crippen LogP contribution >= 0.6 is 12.4 Å². The lowest BCUT2D eigenvalue weighted by molar-refractivity contribution is -0.0390. The second-order valence-corrected chi connectivity index (χ2v) is 6.52. The van der Waals surface area contributed by atoms with Gasteiger partial charge in [0.05, 0.1) is 12.7 Å². The molecule has 0 saturated carbocycles. The zero-order valence-corrected chi connectivity index (χ0v) is 16.2. The normalized spacial score (nSPS) is 14.4. The maximum Gasteiger partial charge on any atom is 0.251 e. The Bertz CT molecular complexity index is 698. The minimum atomic E-state index is -0.0829. The van der Waals surface area contributed by atoms with Crippen molar-refractivity contribution in [3.8, 4) is 0 Å². The van der Waals surface area contributed by atoms with Crippen LogP contribution in [0.1, 0.15) is 39.9 Å². The summed E-state index contributed by atoms with van der Waals surface area (Å²) in [6, 6.07) is 15.5. The Hall–Kier alpha value is -1.92. The first-order valence-corrected chi connectivity index (χ1v) is 9.09. The van der Waals surface area contributed by atoms with Crippen molar-refractivity contribution in [2.24, 2.45) is 5.73 Å². The SMILES string of the molecule is Cl.NCc1ccc(C(=O)NCc2ccc(COC3CCOCC3)cc2)cc1. The van der Waals surface area contributed by atoms with Crippen molar-refractivity contribution in [1.29, 1.82) is 0 Å². The number of carbonyl (C=O) groups is 1. The van der Waals surface area contributed by atoms with Crippen molar-refractivity contribution < 1.29 is 14.3 Å². The van der Waals surface area contributed by atoms with Crippen LogP contribution in [0.2, 0.25) is 0 Å². The molecule has 3 N–H and O–H groups in total. The molecule has 0 bridgehead atoms. The fraction of sp³-hybridized carbons (Fsp3) is 0.381. The highest BCUT2D eigenvalue weighted by atomic mass is 35.5. The Balaban J connectivity index is 0.00000261. The number of hydrogen-bond acceptors (Lipinski definition) is 4. The number of nitrogens with one attached hydrogen (secondary N) is 1. The van der Waals surface area contributed by atoms with Gasteiger partial charge in [-0.3, -0.25) is 4.79 Å². The molecule has 146 valence electrons. The van der Waals surface area contributed by atoms with Crippen molar-refractivity contribution >= 4 is 18.3 Å². The summed E-state index contributed by atoms with van der Waals surface area (Å²) in [4.78, 5) is 12.2. The van der Waals surface area contributed by atoms with Crippen molar-refractivity contribution in [3.63, 3.8) is 0 Å². The quantitative estimate of drug-likeness (QED) is 0.761. The smallest absolute Gasteiger partial charge is 0.251 e. The molecule has 6 heteroatoms. The fourth-order valence-corrected chi connectivity index (χ4v) is 2.89. The Morgan fingerprint density at radius 1 is 1.00 bits per heavy atom. The van der Waals surface area contributed by atoms with Crippen LogP contribution in [0.25, 0.3) is 0 Å². The van der Waals surface area contributed by atoms with Crippen LogP contribution in [0.5, 0.6) is 0 Å². The minimum absolute atomic E-state index is 0. The van der Waals surface area contributed by atoms with E-state index >= 15 is 0 Å². The number of ether oxygens (including phenoxy) is 2. The second-order valence-electron chi connectivity index (χ2n) is 6.52. The molecule has 1 heterocycles. The van der Waals surface area contributed by atoms with Crippen molar-refractivity contribution in [2.75, 3.05) is 13.2 Å². The van der Waals surface area contributed by atoms with Crippen LogP contribution in [-0.4, -0.2) is 25.2 Å². The third-order valence-corrected chi connectivity index (χ3v) is 4.58. The van der Waals surface area contributed by atoms with Gasteiger partial charge in [0.2, 0.25) is 0 Å². The van der Waals surface area contributed by atoms with Gasteiger partial charge in [-0.1, -0.05) is 36.4 Å². The van der Waals surface area contributed by atoms with Gasteiger partial charge in [0.25, 0.3) is 5.91 Å². The second kappa shape index (κ2) is 11.0. The average Bonchev–Trinajstić information content (AvgIpc) is 2.72. The summed E-state index contributed by atoms with van der Waals surface area (Å²) < 4.78 is 11.3.